The minimum Gasteiger partial charge on any atom is -0.166 e. The second kappa shape index (κ2) is 5.01. The van der Waals surface area contributed by atoms with E-state index in [1.165, 1.54) is 12.1 Å². The molecule has 0 aliphatic rings. The van der Waals surface area contributed by atoms with Crippen LogP contribution in [0.4, 0.5) is 13.2 Å². The Hall–Kier alpha value is -1.51. The first-order chi connectivity index (χ1) is 7.50. The average Bonchev–Trinajstić information content (AvgIpc) is 2.19. The zero-order valence-electron chi connectivity index (χ0n) is 8.85. The van der Waals surface area contributed by atoms with Gasteiger partial charge in [0.1, 0.15) is 0 Å². The molecule has 1 rings (SSSR count). The van der Waals surface area contributed by atoms with E-state index < -0.39 is 11.7 Å². The monoisotopic (exact) mass is 226 g/mol. The molecule has 1 aromatic rings. The third-order valence-electron chi connectivity index (χ3n) is 2.29. The van der Waals surface area contributed by atoms with Crippen LogP contribution in [0.25, 0.3) is 0 Å². The Morgan fingerprint density at radius 2 is 1.69 bits per heavy atom. The Labute approximate surface area is 93.1 Å². The number of allylic oxidation sites excluding steroid dienone is 2. The van der Waals surface area contributed by atoms with Gasteiger partial charge < -0.3 is 0 Å². The van der Waals surface area contributed by atoms with Gasteiger partial charge in [0.2, 0.25) is 0 Å². The van der Waals surface area contributed by atoms with Gasteiger partial charge in [-0.3, -0.25) is 0 Å². The van der Waals surface area contributed by atoms with E-state index in [9.17, 15) is 13.2 Å². The molecule has 0 N–H and O–H groups in total. The number of rotatable bonds is 4. The molecule has 0 aliphatic carbocycles. The lowest BCUT2D eigenvalue weighted by molar-refractivity contribution is -0.138. The molecule has 0 saturated heterocycles. The summed E-state index contributed by atoms with van der Waals surface area (Å²) in [5.74, 6) is 0. The molecular weight excluding hydrogens is 213 g/mol. The molecule has 0 spiro atoms. The lowest BCUT2D eigenvalue weighted by atomic mass is 9.96. The number of halogens is 3. The van der Waals surface area contributed by atoms with Crippen molar-refractivity contribution in [2.75, 3.05) is 0 Å². The fourth-order valence-electron chi connectivity index (χ4n) is 1.63. The van der Waals surface area contributed by atoms with Crippen LogP contribution in [0.3, 0.4) is 0 Å². The van der Waals surface area contributed by atoms with Crippen molar-refractivity contribution in [2.45, 2.75) is 19.0 Å². The zero-order valence-corrected chi connectivity index (χ0v) is 8.85. The molecule has 3 heteroatoms. The minimum absolute atomic E-state index is 0.221. The van der Waals surface area contributed by atoms with Gasteiger partial charge in [0.25, 0.3) is 0 Å². The molecule has 0 aromatic heterocycles. The normalized spacial score (nSPS) is 11.2. The van der Waals surface area contributed by atoms with Crippen molar-refractivity contribution in [3.05, 3.63) is 60.2 Å². The van der Waals surface area contributed by atoms with Gasteiger partial charge in [0.15, 0.2) is 0 Å². The van der Waals surface area contributed by atoms with E-state index in [0.29, 0.717) is 17.5 Å². The predicted octanol–water partition coefficient (Wildman–Crippen LogP) is 4.16. The van der Waals surface area contributed by atoms with Crippen molar-refractivity contribution >= 4 is 0 Å². The smallest absolute Gasteiger partial charge is 0.166 e. The molecule has 0 unspecified atom stereocenters. The topological polar surface area (TPSA) is 0 Å². The highest BCUT2D eigenvalue weighted by atomic mass is 19.4. The Balaban J connectivity index is 3.31. The zero-order chi connectivity index (χ0) is 12.2. The molecule has 0 nitrogen and oxygen atoms in total. The summed E-state index contributed by atoms with van der Waals surface area (Å²) in [6.45, 7) is 7.03. The molecular formula is C13H13F3. The van der Waals surface area contributed by atoms with Crippen molar-refractivity contribution in [3.63, 3.8) is 0 Å². The molecule has 0 bridgehead atoms. The lowest BCUT2D eigenvalue weighted by Crippen LogP contribution is -2.10. The van der Waals surface area contributed by atoms with E-state index in [2.05, 4.69) is 13.2 Å². The molecule has 16 heavy (non-hydrogen) atoms. The van der Waals surface area contributed by atoms with Crippen LogP contribution >= 0.6 is 0 Å². The first-order valence-corrected chi connectivity index (χ1v) is 4.90. The van der Waals surface area contributed by atoms with Crippen LogP contribution in [0.15, 0.2) is 43.5 Å². The van der Waals surface area contributed by atoms with Gasteiger partial charge >= 0.3 is 6.18 Å². The highest BCUT2D eigenvalue weighted by molar-refractivity contribution is 5.39. The van der Waals surface area contributed by atoms with Gasteiger partial charge in [-0.1, -0.05) is 24.3 Å². The van der Waals surface area contributed by atoms with Crippen molar-refractivity contribution in [1.82, 2.24) is 0 Å². The van der Waals surface area contributed by atoms with Crippen LogP contribution < -0.4 is 0 Å². The van der Waals surface area contributed by atoms with E-state index in [1.54, 1.807) is 12.1 Å². The average molecular weight is 226 g/mol. The van der Waals surface area contributed by atoms with E-state index in [-0.39, 0.29) is 6.42 Å². The molecule has 1 aromatic carbocycles. The summed E-state index contributed by atoms with van der Waals surface area (Å²) in [6.07, 6.45) is -0.569. The van der Waals surface area contributed by atoms with Crippen molar-refractivity contribution in [1.29, 1.82) is 0 Å². The standard InChI is InChI=1S/C13H13F3/c1-3-6-10-8-5-9-12(13(14,15)16)11(10)7-4-2/h3-5,8-9H,1-2,6-7H2. The summed E-state index contributed by atoms with van der Waals surface area (Å²) in [5.41, 5.74) is 0.376. The van der Waals surface area contributed by atoms with Crippen LogP contribution in [0, 0.1) is 0 Å². The molecule has 0 heterocycles. The van der Waals surface area contributed by atoms with Gasteiger partial charge in [0, 0.05) is 0 Å². The molecule has 0 atom stereocenters. The third kappa shape index (κ3) is 2.75. The highest BCUT2D eigenvalue weighted by Gasteiger charge is 2.33. The molecule has 0 radical (unpaired) electrons. The minimum atomic E-state index is -4.31. The van der Waals surface area contributed by atoms with Crippen LogP contribution in [0.2, 0.25) is 0 Å². The van der Waals surface area contributed by atoms with Crippen LogP contribution in [0.5, 0.6) is 0 Å². The maximum atomic E-state index is 12.7. The molecule has 0 amide bonds. The first-order valence-electron chi connectivity index (χ1n) is 4.90. The Morgan fingerprint density at radius 3 is 2.19 bits per heavy atom. The quantitative estimate of drug-likeness (QED) is 0.676. The van der Waals surface area contributed by atoms with E-state index in [0.717, 1.165) is 6.07 Å². The highest BCUT2D eigenvalue weighted by Crippen LogP contribution is 2.33. The number of hydrogen-bond donors (Lipinski definition) is 0. The summed E-state index contributed by atoms with van der Waals surface area (Å²) >= 11 is 0. The Bertz CT molecular complexity index is 389. The SMILES string of the molecule is C=CCc1cccc(C(F)(F)F)c1CC=C. The second-order valence-corrected chi connectivity index (χ2v) is 3.43. The second-order valence-electron chi connectivity index (χ2n) is 3.43. The first kappa shape index (κ1) is 12.6. The maximum Gasteiger partial charge on any atom is 0.416 e. The fraction of sp³-hybridized carbons (Fsp3) is 0.231. The van der Waals surface area contributed by atoms with Crippen LogP contribution in [-0.4, -0.2) is 0 Å². The summed E-state index contributed by atoms with van der Waals surface area (Å²) in [7, 11) is 0. The van der Waals surface area contributed by atoms with Gasteiger partial charge in [-0.25, -0.2) is 0 Å². The number of benzene rings is 1. The number of alkyl halides is 3. The number of hydrogen-bond acceptors (Lipinski definition) is 0. The summed E-state index contributed by atoms with van der Waals surface area (Å²) < 4.78 is 38.2. The van der Waals surface area contributed by atoms with Crippen molar-refractivity contribution < 1.29 is 13.2 Å². The molecule has 0 aliphatic heterocycles. The largest absolute Gasteiger partial charge is 0.416 e. The molecule has 0 saturated carbocycles. The van der Waals surface area contributed by atoms with Gasteiger partial charge in [0.05, 0.1) is 5.56 Å². The maximum absolute atomic E-state index is 12.7. The van der Waals surface area contributed by atoms with E-state index in [4.69, 9.17) is 0 Å². The van der Waals surface area contributed by atoms with Crippen LogP contribution in [-0.2, 0) is 19.0 Å². The Kier molecular flexibility index (Phi) is 3.93. The van der Waals surface area contributed by atoms with Crippen LogP contribution in [0.1, 0.15) is 16.7 Å². The predicted molar refractivity (Wildman–Crippen MR) is 59.2 cm³/mol. The summed E-state index contributed by atoms with van der Waals surface area (Å²) in [6, 6.07) is 4.22. The summed E-state index contributed by atoms with van der Waals surface area (Å²) in [4.78, 5) is 0. The van der Waals surface area contributed by atoms with Gasteiger partial charge in [-0.15, -0.1) is 13.2 Å². The Morgan fingerprint density at radius 1 is 1.06 bits per heavy atom. The molecule has 86 valence electrons. The third-order valence-corrected chi connectivity index (χ3v) is 2.29. The summed E-state index contributed by atoms with van der Waals surface area (Å²) in [5, 5.41) is 0. The van der Waals surface area contributed by atoms with E-state index in [1.807, 2.05) is 0 Å². The van der Waals surface area contributed by atoms with Gasteiger partial charge in [-0.05, 0) is 30.0 Å². The lowest BCUT2D eigenvalue weighted by Gasteiger charge is -2.15. The van der Waals surface area contributed by atoms with E-state index >= 15 is 0 Å². The fourth-order valence-corrected chi connectivity index (χ4v) is 1.63. The van der Waals surface area contributed by atoms with Crippen molar-refractivity contribution in [3.8, 4) is 0 Å². The van der Waals surface area contributed by atoms with Gasteiger partial charge in [-0.2, -0.15) is 13.2 Å². The van der Waals surface area contributed by atoms with Crippen molar-refractivity contribution in [2.24, 2.45) is 0 Å². The molecule has 0 fully saturated rings.